The Labute approximate surface area is 128 Å². The number of rotatable bonds is 5. The fourth-order valence-electron chi connectivity index (χ4n) is 0.703. The third kappa shape index (κ3) is 17.5. The van der Waals surface area contributed by atoms with Gasteiger partial charge in [0.2, 0.25) is 0 Å². The van der Waals surface area contributed by atoms with E-state index in [0.29, 0.717) is 0 Å². The molecule has 0 saturated carbocycles. The number of carbonyl (C=O) groups excluding carboxylic acids is 1. The molecule has 0 aliphatic heterocycles. The van der Waals surface area contributed by atoms with Crippen LogP contribution in [0.1, 0.15) is 12.8 Å². The summed E-state index contributed by atoms with van der Waals surface area (Å²) in [6.07, 6.45) is -2.44. The Morgan fingerprint density at radius 1 is 1.05 bits per heavy atom. The van der Waals surface area contributed by atoms with Gasteiger partial charge in [-0.1, -0.05) is 0 Å². The van der Waals surface area contributed by atoms with Crippen molar-refractivity contribution in [1.29, 1.82) is 0 Å². The molecule has 0 heterocycles. The molecule has 11 nitrogen and oxygen atoms in total. The zero-order valence-electron chi connectivity index (χ0n) is 9.59. The van der Waals surface area contributed by atoms with Gasteiger partial charge >= 0.3 is 49.3 Å². The quantitative estimate of drug-likeness (QED) is 0.207. The van der Waals surface area contributed by atoms with Gasteiger partial charge in [0.15, 0.2) is 5.60 Å². The standard InChI is InChI=1S/C6H8O7.Na.H3O4P/c7-3(8)1-6(13,5(11)12)2-4(9)10;;1-5(2,3)4/h13H,1-2H2,(H,7,8)(H,9,10)(H,11,12);;(H3,1,2,3,4)/q;+1;/p-1. The molecule has 19 heavy (non-hydrogen) atoms. The van der Waals surface area contributed by atoms with Gasteiger partial charge in [0.05, 0.1) is 6.42 Å². The van der Waals surface area contributed by atoms with Crippen LogP contribution in [0.5, 0.6) is 0 Å². The van der Waals surface area contributed by atoms with E-state index in [-0.39, 0.29) is 29.6 Å². The first-order chi connectivity index (χ1) is 7.78. The van der Waals surface area contributed by atoms with Crippen LogP contribution < -0.4 is 34.7 Å². The van der Waals surface area contributed by atoms with Gasteiger partial charge in [-0.25, -0.2) is 9.36 Å². The van der Waals surface area contributed by atoms with Gasteiger partial charge in [-0.05, 0) is 0 Å². The van der Waals surface area contributed by atoms with Gasteiger partial charge in [0, 0.05) is 12.4 Å². The molecule has 1 unspecified atom stereocenters. The van der Waals surface area contributed by atoms with Crippen LogP contribution in [0.15, 0.2) is 0 Å². The molecule has 0 bridgehead atoms. The van der Waals surface area contributed by atoms with E-state index >= 15 is 0 Å². The van der Waals surface area contributed by atoms with Crippen LogP contribution in [-0.4, -0.2) is 53.5 Å². The summed E-state index contributed by atoms with van der Waals surface area (Å²) in [6, 6.07) is 0. The predicted molar refractivity (Wildman–Crippen MR) is 48.7 cm³/mol. The molecule has 1 atom stereocenters. The third-order valence-corrected chi connectivity index (χ3v) is 1.28. The maximum Gasteiger partial charge on any atom is 1.00 e. The van der Waals surface area contributed by atoms with E-state index in [2.05, 4.69) is 0 Å². The second kappa shape index (κ2) is 9.39. The average molecular weight is 312 g/mol. The van der Waals surface area contributed by atoms with Crippen LogP contribution in [0, 0.1) is 0 Å². The molecule has 0 aliphatic carbocycles. The Morgan fingerprint density at radius 3 is 1.53 bits per heavy atom. The summed E-state index contributed by atoms with van der Waals surface area (Å²) in [4.78, 5) is 51.9. The number of carboxylic acids is 3. The van der Waals surface area contributed by atoms with Crippen LogP contribution in [-0.2, 0) is 18.9 Å². The summed E-state index contributed by atoms with van der Waals surface area (Å²) in [6.45, 7) is 0. The Bertz CT molecular complexity index is 349. The number of aliphatic carboxylic acids is 3. The smallest absolute Gasteiger partial charge is 0.550 e. The van der Waals surface area contributed by atoms with Crippen molar-refractivity contribution in [3.05, 3.63) is 0 Å². The van der Waals surface area contributed by atoms with Crippen molar-refractivity contribution < 1.29 is 83.6 Å². The number of aliphatic hydroxyl groups is 1. The largest absolute Gasteiger partial charge is 1.00 e. The molecule has 0 aromatic rings. The molecular weight excluding hydrogens is 302 g/mol. The number of hydrogen-bond acceptors (Lipinski definition) is 6. The molecule has 106 valence electrons. The zero-order chi connectivity index (χ0) is 15.1. The van der Waals surface area contributed by atoms with Crippen molar-refractivity contribution in [2.24, 2.45) is 0 Å². The van der Waals surface area contributed by atoms with Gasteiger partial charge in [-0.2, -0.15) is 0 Å². The van der Waals surface area contributed by atoms with Gasteiger partial charge in [-0.3, -0.25) is 4.79 Å². The van der Waals surface area contributed by atoms with E-state index in [1.807, 2.05) is 0 Å². The third-order valence-electron chi connectivity index (χ3n) is 1.28. The average Bonchev–Trinajstić information content (AvgIpc) is 1.95. The minimum absolute atomic E-state index is 0. The van der Waals surface area contributed by atoms with Crippen molar-refractivity contribution >= 4 is 25.7 Å². The van der Waals surface area contributed by atoms with E-state index < -0.39 is 44.2 Å². The Morgan fingerprint density at radius 2 is 1.37 bits per heavy atom. The topological polar surface area (TPSA) is 213 Å². The minimum Gasteiger partial charge on any atom is -0.550 e. The second-order valence-corrected chi connectivity index (χ2v) is 4.00. The molecule has 13 heteroatoms. The van der Waals surface area contributed by atoms with Gasteiger partial charge < -0.3 is 39.9 Å². The van der Waals surface area contributed by atoms with Crippen LogP contribution in [0.25, 0.3) is 0 Å². The fourth-order valence-corrected chi connectivity index (χ4v) is 0.703. The van der Waals surface area contributed by atoms with Crippen molar-refractivity contribution in [3.63, 3.8) is 0 Å². The normalized spacial score (nSPS) is 13.1. The molecule has 0 saturated heterocycles. The number of carboxylic acid groups (broad SMARTS) is 3. The summed E-state index contributed by atoms with van der Waals surface area (Å²) in [7, 11) is -4.64. The number of hydrogen-bond donors (Lipinski definition) is 6. The second-order valence-electron chi connectivity index (χ2n) is 2.97. The molecule has 0 aromatic carbocycles. The van der Waals surface area contributed by atoms with Gasteiger partial charge in [0.1, 0.15) is 0 Å². The molecule has 6 N–H and O–H groups in total. The summed E-state index contributed by atoms with van der Waals surface area (Å²) in [5.74, 6) is -5.34. The Hall–Kier alpha value is -0.520. The monoisotopic (exact) mass is 312 g/mol. The molecule has 0 aromatic heterocycles. The van der Waals surface area contributed by atoms with Crippen LogP contribution >= 0.6 is 7.82 Å². The van der Waals surface area contributed by atoms with E-state index in [1.54, 1.807) is 0 Å². The van der Waals surface area contributed by atoms with Gasteiger partial charge in [0.25, 0.3) is 0 Å². The molecule has 0 amide bonds. The zero-order valence-corrected chi connectivity index (χ0v) is 12.5. The first kappa shape index (κ1) is 23.6. The van der Waals surface area contributed by atoms with Crippen molar-refractivity contribution in [3.8, 4) is 0 Å². The maximum absolute atomic E-state index is 10.3. The van der Waals surface area contributed by atoms with Crippen molar-refractivity contribution in [1.82, 2.24) is 0 Å². The fraction of sp³-hybridized carbons (Fsp3) is 0.500. The summed E-state index contributed by atoms with van der Waals surface area (Å²) in [5, 5.41) is 35.5. The minimum atomic E-state index is -4.64. The number of phosphoric acid groups is 1. The first-order valence-corrected chi connectivity index (χ1v) is 5.50. The Balaban J connectivity index is -0.000000366. The number of carbonyl (C=O) groups is 3. The van der Waals surface area contributed by atoms with E-state index in [9.17, 15) is 19.5 Å². The molecule has 0 fully saturated rings. The Kier molecular flexibility index (Phi) is 11.7. The SMILES string of the molecule is O=C([O-])CC(O)(CC(=O)O)C(=O)O.O=P(O)(O)O.[Na+]. The van der Waals surface area contributed by atoms with Crippen molar-refractivity contribution in [2.75, 3.05) is 0 Å². The van der Waals surface area contributed by atoms with E-state index in [0.717, 1.165) is 0 Å². The van der Waals surface area contributed by atoms with Gasteiger partial charge in [-0.15, -0.1) is 0 Å². The summed E-state index contributed by atoms with van der Waals surface area (Å²) in [5.41, 5.74) is -2.80. The van der Waals surface area contributed by atoms with E-state index in [1.165, 1.54) is 0 Å². The summed E-state index contributed by atoms with van der Waals surface area (Å²) < 4.78 is 8.88. The van der Waals surface area contributed by atoms with E-state index in [4.69, 9.17) is 34.6 Å². The molecule has 0 aliphatic rings. The van der Waals surface area contributed by atoms with Crippen LogP contribution in [0.4, 0.5) is 0 Å². The predicted octanol–water partition coefficient (Wildman–Crippen LogP) is -6.51. The summed E-state index contributed by atoms with van der Waals surface area (Å²) >= 11 is 0. The molecule has 0 spiro atoms. The van der Waals surface area contributed by atoms with Crippen LogP contribution in [0.2, 0.25) is 0 Å². The van der Waals surface area contributed by atoms with Crippen molar-refractivity contribution in [2.45, 2.75) is 18.4 Å². The first-order valence-electron chi connectivity index (χ1n) is 3.93. The molecule has 0 radical (unpaired) electrons. The maximum atomic E-state index is 10.3. The molecular formula is C6H10NaO11P. The van der Waals surface area contributed by atoms with Crippen LogP contribution in [0.3, 0.4) is 0 Å². The molecule has 0 rings (SSSR count).